The van der Waals surface area contributed by atoms with E-state index in [0.29, 0.717) is 17.6 Å². The van der Waals surface area contributed by atoms with Crippen LogP contribution in [-0.2, 0) is 4.79 Å². The van der Waals surface area contributed by atoms with Gasteiger partial charge in [0.2, 0.25) is 0 Å². The number of piperidine rings is 1. The summed E-state index contributed by atoms with van der Waals surface area (Å²) >= 11 is 1.58. The largest absolute Gasteiger partial charge is 0.480 e. The second kappa shape index (κ2) is 6.24. The summed E-state index contributed by atoms with van der Waals surface area (Å²) in [5, 5.41) is 9.31. The van der Waals surface area contributed by atoms with E-state index in [9.17, 15) is 14.7 Å². The minimum atomic E-state index is -0.889. The van der Waals surface area contributed by atoms with Crippen molar-refractivity contribution >= 4 is 23.8 Å². The van der Waals surface area contributed by atoms with Crippen LogP contribution in [0.3, 0.4) is 0 Å². The van der Waals surface area contributed by atoms with Crippen LogP contribution in [0.15, 0.2) is 0 Å². The molecule has 0 radical (unpaired) electrons. The van der Waals surface area contributed by atoms with Crippen molar-refractivity contribution in [1.29, 1.82) is 0 Å². The number of amides is 2. The molecule has 0 aliphatic carbocycles. The summed E-state index contributed by atoms with van der Waals surface area (Å²) in [6.07, 6.45) is 1.79. The monoisotopic (exact) mass is 300 g/mol. The summed E-state index contributed by atoms with van der Waals surface area (Å²) in [4.78, 5) is 27.5. The van der Waals surface area contributed by atoms with E-state index in [1.807, 2.05) is 11.8 Å². The molecular weight excluding hydrogens is 276 g/mol. The van der Waals surface area contributed by atoms with E-state index >= 15 is 0 Å². The first-order chi connectivity index (χ1) is 9.45. The molecule has 0 aromatic carbocycles. The lowest BCUT2D eigenvalue weighted by Crippen LogP contribution is -2.54. The maximum Gasteiger partial charge on any atom is 0.327 e. The molecule has 2 aliphatic heterocycles. The molecule has 6 heteroatoms. The molecule has 114 valence electrons. The molecule has 2 saturated heterocycles. The van der Waals surface area contributed by atoms with E-state index in [1.54, 1.807) is 16.7 Å². The fourth-order valence-corrected chi connectivity index (χ4v) is 4.27. The first kappa shape index (κ1) is 15.5. The molecule has 2 heterocycles. The van der Waals surface area contributed by atoms with Gasteiger partial charge in [-0.1, -0.05) is 20.8 Å². The fraction of sp³-hybridized carbons (Fsp3) is 0.857. The Morgan fingerprint density at radius 1 is 1.30 bits per heavy atom. The zero-order valence-corrected chi connectivity index (χ0v) is 13.2. The quantitative estimate of drug-likeness (QED) is 0.850. The summed E-state index contributed by atoms with van der Waals surface area (Å²) < 4.78 is 0. The number of hydrogen-bond acceptors (Lipinski definition) is 3. The number of likely N-dealkylation sites (tertiary alicyclic amines) is 1. The molecule has 20 heavy (non-hydrogen) atoms. The highest BCUT2D eigenvalue weighted by molar-refractivity contribution is 8.00. The number of hydrogen-bond donors (Lipinski definition) is 1. The van der Waals surface area contributed by atoms with E-state index in [2.05, 4.69) is 13.8 Å². The highest BCUT2D eigenvalue weighted by Crippen LogP contribution is 2.33. The maximum absolute atomic E-state index is 12.7. The first-order valence-corrected chi connectivity index (χ1v) is 8.42. The van der Waals surface area contributed by atoms with Gasteiger partial charge in [0.25, 0.3) is 0 Å². The molecule has 0 aromatic heterocycles. The number of carbonyl (C=O) groups is 2. The number of urea groups is 1. The molecule has 0 bridgehead atoms. The molecule has 5 nitrogen and oxygen atoms in total. The van der Waals surface area contributed by atoms with E-state index in [-0.39, 0.29) is 11.4 Å². The van der Waals surface area contributed by atoms with Crippen LogP contribution in [0.1, 0.15) is 33.6 Å². The van der Waals surface area contributed by atoms with Crippen molar-refractivity contribution in [3.8, 4) is 0 Å². The molecular formula is C14H24N2O3S. The van der Waals surface area contributed by atoms with Gasteiger partial charge >= 0.3 is 12.0 Å². The van der Waals surface area contributed by atoms with Crippen LogP contribution in [-0.4, -0.2) is 57.2 Å². The fourth-order valence-electron chi connectivity index (χ4n) is 2.92. The van der Waals surface area contributed by atoms with Crippen LogP contribution in [0.5, 0.6) is 0 Å². The normalized spacial score (nSPS) is 34.4. The minimum Gasteiger partial charge on any atom is -0.480 e. The number of rotatable bonds is 2. The van der Waals surface area contributed by atoms with Crippen LogP contribution >= 0.6 is 11.8 Å². The Kier molecular flexibility index (Phi) is 4.83. The Bertz CT molecular complexity index is 391. The zero-order chi connectivity index (χ0) is 14.9. The summed E-state index contributed by atoms with van der Waals surface area (Å²) in [6, 6.07) is -0.764. The second-order valence-electron chi connectivity index (χ2n) is 5.93. The lowest BCUT2D eigenvalue weighted by molar-refractivity contribution is -0.141. The summed E-state index contributed by atoms with van der Waals surface area (Å²) in [7, 11) is 0. The van der Waals surface area contributed by atoms with Crippen LogP contribution in [0.4, 0.5) is 4.79 Å². The third-order valence-corrected chi connectivity index (χ3v) is 6.01. The van der Waals surface area contributed by atoms with Crippen molar-refractivity contribution in [2.45, 2.75) is 45.0 Å². The summed E-state index contributed by atoms with van der Waals surface area (Å²) in [5.41, 5.74) is 0. The molecule has 0 saturated carbocycles. The highest BCUT2D eigenvalue weighted by Gasteiger charge is 2.43. The summed E-state index contributed by atoms with van der Waals surface area (Å²) in [5.74, 6) is 0.718. The van der Waals surface area contributed by atoms with Crippen molar-refractivity contribution in [2.75, 3.05) is 18.8 Å². The third-order valence-electron chi connectivity index (χ3n) is 4.55. The van der Waals surface area contributed by atoms with E-state index in [1.165, 1.54) is 0 Å². The number of carbonyl (C=O) groups excluding carboxylic acids is 1. The van der Waals surface area contributed by atoms with Gasteiger partial charge in [-0.05, 0) is 24.7 Å². The Balaban J connectivity index is 2.11. The molecule has 2 aliphatic rings. The van der Waals surface area contributed by atoms with Gasteiger partial charge in [-0.15, -0.1) is 11.8 Å². The van der Waals surface area contributed by atoms with Gasteiger partial charge in [0.05, 0.1) is 5.37 Å². The van der Waals surface area contributed by atoms with Gasteiger partial charge in [0, 0.05) is 18.8 Å². The SMILES string of the molecule is CCC1SCC(C(=O)O)N1C(=O)N1CCC(C)C(C)C1. The first-order valence-electron chi connectivity index (χ1n) is 7.37. The number of carboxylic acids is 1. The van der Waals surface area contributed by atoms with Crippen LogP contribution < -0.4 is 0 Å². The summed E-state index contributed by atoms with van der Waals surface area (Å²) in [6.45, 7) is 7.86. The molecule has 2 amide bonds. The van der Waals surface area contributed by atoms with Crippen molar-refractivity contribution in [2.24, 2.45) is 11.8 Å². The lowest BCUT2D eigenvalue weighted by Gasteiger charge is -2.39. The van der Waals surface area contributed by atoms with Crippen molar-refractivity contribution in [3.63, 3.8) is 0 Å². The van der Waals surface area contributed by atoms with E-state index in [0.717, 1.165) is 25.9 Å². The topological polar surface area (TPSA) is 60.9 Å². The average molecular weight is 300 g/mol. The predicted octanol–water partition coefficient (Wildman–Crippen LogP) is 2.32. The number of nitrogens with zero attached hydrogens (tertiary/aromatic N) is 2. The Labute approximate surface area is 124 Å². The van der Waals surface area contributed by atoms with Gasteiger partial charge in [0.15, 0.2) is 0 Å². The lowest BCUT2D eigenvalue weighted by atomic mass is 9.89. The van der Waals surface area contributed by atoms with Gasteiger partial charge in [0.1, 0.15) is 6.04 Å². The Morgan fingerprint density at radius 3 is 2.55 bits per heavy atom. The van der Waals surface area contributed by atoms with E-state index < -0.39 is 12.0 Å². The van der Waals surface area contributed by atoms with Gasteiger partial charge < -0.3 is 10.0 Å². The molecule has 4 atom stereocenters. The molecule has 0 spiro atoms. The van der Waals surface area contributed by atoms with Gasteiger partial charge in [-0.2, -0.15) is 0 Å². The molecule has 0 aromatic rings. The number of aliphatic carboxylic acids is 1. The molecule has 2 fully saturated rings. The third kappa shape index (κ3) is 2.90. The maximum atomic E-state index is 12.7. The average Bonchev–Trinajstić information content (AvgIpc) is 2.85. The van der Waals surface area contributed by atoms with Crippen LogP contribution in [0, 0.1) is 11.8 Å². The smallest absolute Gasteiger partial charge is 0.327 e. The van der Waals surface area contributed by atoms with E-state index in [4.69, 9.17) is 0 Å². The van der Waals surface area contributed by atoms with Gasteiger partial charge in [-0.3, -0.25) is 4.90 Å². The zero-order valence-electron chi connectivity index (χ0n) is 12.4. The molecule has 1 N–H and O–H groups in total. The number of thioether (sulfide) groups is 1. The molecule has 4 unspecified atom stereocenters. The van der Waals surface area contributed by atoms with Crippen LogP contribution in [0.2, 0.25) is 0 Å². The predicted molar refractivity (Wildman–Crippen MR) is 79.7 cm³/mol. The van der Waals surface area contributed by atoms with Crippen molar-refractivity contribution in [3.05, 3.63) is 0 Å². The van der Waals surface area contributed by atoms with Crippen LogP contribution in [0.25, 0.3) is 0 Å². The van der Waals surface area contributed by atoms with Gasteiger partial charge in [-0.25, -0.2) is 9.59 Å². The van der Waals surface area contributed by atoms with Crippen molar-refractivity contribution < 1.29 is 14.7 Å². The van der Waals surface area contributed by atoms with Crippen molar-refractivity contribution in [1.82, 2.24) is 9.80 Å². The molecule has 2 rings (SSSR count). The standard InChI is InChI=1S/C14H24N2O3S/c1-4-12-16(11(8-20-12)13(17)18)14(19)15-6-5-9(2)10(3)7-15/h9-12H,4-8H2,1-3H3,(H,17,18). The Morgan fingerprint density at radius 2 is 2.00 bits per heavy atom. The Hall–Kier alpha value is -0.910. The number of carboxylic acid groups (broad SMARTS) is 1. The minimum absolute atomic E-state index is 0.00161. The second-order valence-corrected chi connectivity index (χ2v) is 7.14. The highest BCUT2D eigenvalue weighted by atomic mass is 32.2.